The van der Waals surface area contributed by atoms with E-state index < -0.39 is 5.82 Å². The molecule has 114 valence electrons. The van der Waals surface area contributed by atoms with Gasteiger partial charge in [-0.2, -0.15) is 0 Å². The number of Topliss-reactive ketones (excluding diaryl/α,β-unsaturated/α-hetero) is 1. The van der Waals surface area contributed by atoms with Gasteiger partial charge in [-0.05, 0) is 36.8 Å². The first kappa shape index (κ1) is 15.7. The Labute approximate surface area is 127 Å². The fourth-order valence-corrected chi connectivity index (χ4v) is 2.03. The molecule has 0 unspecified atom stereocenters. The van der Waals surface area contributed by atoms with Crippen molar-refractivity contribution in [2.45, 2.75) is 13.3 Å². The number of methoxy groups -OCH3 is 1. The molecule has 0 fully saturated rings. The Bertz CT molecular complexity index is 713. The highest BCUT2D eigenvalue weighted by Gasteiger charge is 2.09. The van der Waals surface area contributed by atoms with E-state index in [2.05, 4.69) is 5.32 Å². The molecular formula is C17H16FNO3. The first-order valence-electron chi connectivity index (χ1n) is 6.73. The zero-order valence-electron chi connectivity index (χ0n) is 12.4. The standard InChI is InChI=1S/C17H16FNO3/c1-11(20)13-4-3-5-14(10-13)19-17(21)9-12-6-7-16(22-2)15(18)8-12/h3-8,10H,9H2,1-2H3,(H,19,21). The summed E-state index contributed by atoms with van der Waals surface area (Å²) in [6.45, 7) is 1.46. The number of carbonyl (C=O) groups is 2. The van der Waals surface area contributed by atoms with Gasteiger partial charge < -0.3 is 10.1 Å². The number of rotatable bonds is 5. The summed E-state index contributed by atoms with van der Waals surface area (Å²) in [5.41, 5.74) is 1.60. The summed E-state index contributed by atoms with van der Waals surface area (Å²) in [5.74, 6) is -0.733. The van der Waals surface area contributed by atoms with Crippen LogP contribution in [0.2, 0.25) is 0 Å². The van der Waals surface area contributed by atoms with Gasteiger partial charge in [-0.1, -0.05) is 18.2 Å². The number of halogens is 1. The van der Waals surface area contributed by atoms with Crippen LogP contribution in [0.15, 0.2) is 42.5 Å². The van der Waals surface area contributed by atoms with Crippen LogP contribution in [-0.4, -0.2) is 18.8 Å². The smallest absolute Gasteiger partial charge is 0.228 e. The van der Waals surface area contributed by atoms with Crippen molar-refractivity contribution in [3.8, 4) is 5.75 Å². The molecule has 2 rings (SSSR count). The summed E-state index contributed by atoms with van der Waals surface area (Å²) < 4.78 is 18.4. The first-order chi connectivity index (χ1) is 10.5. The maximum atomic E-state index is 13.6. The van der Waals surface area contributed by atoms with E-state index in [9.17, 15) is 14.0 Å². The highest BCUT2D eigenvalue weighted by Crippen LogP contribution is 2.18. The predicted octanol–water partition coefficient (Wildman–Crippen LogP) is 3.22. The van der Waals surface area contributed by atoms with E-state index in [0.29, 0.717) is 16.8 Å². The molecule has 1 N–H and O–H groups in total. The van der Waals surface area contributed by atoms with E-state index in [-0.39, 0.29) is 23.9 Å². The van der Waals surface area contributed by atoms with Crippen LogP contribution in [0.1, 0.15) is 22.8 Å². The zero-order chi connectivity index (χ0) is 16.1. The summed E-state index contributed by atoms with van der Waals surface area (Å²) in [6, 6.07) is 11.1. The summed E-state index contributed by atoms with van der Waals surface area (Å²) in [4.78, 5) is 23.3. The molecule has 0 radical (unpaired) electrons. The maximum absolute atomic E-state index is 13.6. The molecule has 5 heteroatoms. The monoisotopic (exact) mass is 301 g/mol. The average Bonchev–Trinajstić information content (AvgIpc) is 2.47. The number of benzene rings is 2. The van der Waals surface area contributed by atoms with Crippen molar-refractivity contribution in [2.24, 2.45) is 0 Å². The third-order valence-electron chi connectivity index (χ3n) is 3.13. The topological polar surface area (TPSA) is 55.4 Å². The van der Waals surface area contributed by atoms with Gasteiger partial charge in [-0.15, -0.1) is 0 Å². The molecule has 0 bridgehead atoms. The average molecular weight is 301 g/mol. The predicted molar refractivity (Wildman–Crippen MR) is 81.7 cm³/mol. The number of carbonyl (C=O) groups excluding carboxylic acids is 2. The van der Waals surface area contributed by atoms with E-state index in [1.807, 2.05) is 0 Å². The molecule has 0 aliphatic carbocycles. The van der Waals surface area contributed by atoms with Gasteiger partial charge in [-0.25, -0.2) is 4.39 Å². The van der Waals surface area contributed by atoms with Crippen LogP contribution in [-0.2, 0) is 11.2 Å². The number of nitrogens with one attached hydrogen (secondary N) is 1. The van der Waals surface area contributed by atoms with Crippen molar-refractivity contribution in [2.75, 3.05) is 12.4 Å². The Kier molecular flexibility index (Phi) is 4.88. The lowest BCUT2D eigenvalue weighted by atomic mass is 10.1. The van der Waals surface area contributed by atoms with Gasteiger partial charge in [0.1, 0.15) is 0 Å². The molecule has 2 aromatic carbocycles. The van der Waals surface area contributed by atoms with Crippen molar-refractivity contribution >= 4 is 17.4 Å². The van der Waals surface area contributed by atoms with Gasteiger partial charge in [0.05, 0.1) is 13.5 Å². The third-order valence-corrected chi connectivity index (χ3v) is 3.13. The van der Waals surface area contributed by atoms with Crippen LogP contribution in [0.3, 0.4) is 0 Å². The van der Waals surface area contributed by atoms with Crippen molar-refractivity contribution in [3.63, 3.8) is 0 Å². The highest BCUT2D eigenvalue weighted by atomic mass is 19.1. The summed E-state index contributed by atoms with van der Waals surface area (Å²) >= 11 is 0. The van der Waals surface area contributed by atoms with E-state index in [1.165, 1.54) is 26.2 Å². The number of anilines is 1. The Morgan fingerprint density at radius 1 is 1.18 bits per heavy atom. The minimum Gasteiger partial charge on any atom is -0.494 e. The van der Waals surface area contributed by atoms with E-state index in [4.69, 9.17) is 4.74 Å². The minimum absolute atomic E-state index is 0.0329. The molecule has 0 heterocycles. The van der Waals surface area contributed by atoms with Crippen LogP contribution >= 0.6 is 0 Å². The van der Waals surface area contributed by atoms with Crippen LogP contribution in [0.4, 0.5) is 10.1 Å². The Hall–Kier alpha value is -2.69. The quantitative estimate of drug-likeness (QED) is 0.863. The van der Waals surface area contributed by atoms with Crippen LogP contribution in [0, 0.1) is 5.82 Å². The largest absolute Gasteiger partial charge is 0.494 e. The van der Waals surface area contributed by atoms with Gasteiger partial charge >= 0.3 is 0 Å². The van der Waals surface area contributed by atoms with E-state index in [0.717, 1.165) is 0 Å². The second kappa shape index (κ2) is 6.85. The Balaban J connectivity index is 2.05. The highest BCUT2D eigenvalue weighted by molar-refractivity contribution is 5.97. The molecular weight excluding hydrogens is 285 g/mol. The van der Waals surface area contributed by atoms with Gasteiger partial charge in [0.25, 0.3) is 0 Å². The third kappa shape index (κ3) is 3.91. The molecule has 4 nitrogen and oxygen atoms in total. The first-order valence-corrected chi connectivity index (χ1v) is 6.73. The van der Waals surface area contributed by atoms with Crippen molar-refractivity contribution in [1.29, 1.82) is 0 Å². The fraction of sp³-hybridized carbons (Fsp3) is 0.176. The molecule has 0 saturated carbocycles. The summed E-state index contributed by atoms with van der Waals surface area (Å²) in [7, 11) is 1.38. The van der Waals surface area contributed by atoms with Crippen molar-refractivity contribution < 1.29 is 18.7 Å². The number of hydrogen-bond donors (Lipinski definition) is 1. The van der Waals surface area contributed by atoms with Crippen molar-refractivity contribution in [1.82, 2.24) is 0 Å². The lowest BCUT2D eigenvalue weighted by Crippen LogP contribution is -2.14. The molecule has 0 aromatic heterocycles. The number of ether oxygens (including phenoxy) is 1. The molecule has 0 spiro atoms. The molecule has 0 aliphatic heterocycles. The summed E-state index contributed by atoms with van der Waals surface area (Å²) in [5, 5.41) is 2.69. The molecule has 22 heavy (non-hydrogen) atoms. The molecule has 2 aromatic rings. The molecule has 0 saturated heterocycles. The number of hydrogen-bond acceptors (Lipinski definition) is 3. The lowest BCUT2D eigenvalue weighted by Gasteiger charge is -2.08. The van der Waals surface area contributed by atoms with Crippen LogP contribution < -0.4 is 10.1 Å². The second-order valence-electron chi connectivity index (χ2n) is 4.83. The van der Waals surface area contributed by atoms with Gasteiger partial charge in [-0.3, -0.25) is 9.59 Å². The van der Waals surface area contributed by atoms with Gasteiger partial charge in [0.2, 0.25) is 5.91 Å². The second-order valence-corrected chi connectivity index (χ2v) is 4.83. The zero-order valence-corrected chi connectivity index (χ0v) is 12.4. The lowest BCUT2D eigenvalue weighted by molar-refractivity contribution is -0.115. The van der Waals surface area contributed by atoms with Crippen LogP contribution in [0.25, 0.3) is 0 Å². The molecule has 1 amide bonds. The van der Waals surface area contributed by atoms with Gasteiger partial charge in [0.15, 0.2) is 17.3 Å². The fourth-order valence-electron chi connectivity index (χ4n) is 2.03. The van der Waals surface area contributed by atoms with E-state index >= 15 is 0 Å². The van der Waals surface area contributed by atoms with Crippen molar-refractivity contribution in [3.05, 3.63) is 59.4 Å². The van der Waals surface area contributed by atoms with E-state index in [1.54, 1.807) is 30.3 Å². The normalized spacial score (nSPS) is 10.1. The van der Waals surface area contributed by atoms with Gasteiger partial charge in [0, 0.05) is 11.3 Å². The summed E-state index contributed by atoms with van der Waals surface area (Å²) in [6.07, 6.45) is 0.0329. The number of amides is 1. The maximum Gasteiger partial charge on any atom is 0.228 e. The van der Waals surface area contributed by atoms with Crippen LogP contribution in [0.5, 0.6) is 5.75 Å². The Morgan fingerprint density at radius 2 is 1.95 bits per heavy atom. The molecule has 0 aliphatic rings. The number of ketones is 1. The Morgan fingerprint density at radius 3 is 2.59 bits per heavy atom. The molecule has 0 atom stereocenters. The minimum atomic E-state index is -0.508. The SMILES string of the molecule is COc1ccc(CC(=O)Nc2cccc(C(C)=O)c2)cc1F.